The van der Waals surface area contributed by atoms with Gasteiger partial charge in [0.15, 0.2) is 0 Å². The Morgan fingerprint density at radius 3 is 1.87 bits per heavy atom. The molecule has 0 radical (unpaired) electrons. The molecule has 0 unspecified atom stereocenters. The Kier molecular flexibility index (Phi) is 16.6. The highest BCUT2D eigenvalue weighted by molar-refractivity contribution is 5.96. The lowest BCUT2D eigenvalue weighted by atomic mass is 9.99. The summed E-state index contributed by atoms with van der Waals surface area (Å²) >= 11 is 0. The van der Waals surface area contributed by atoms with Gasteiger partial charge >= 0.3 is 11.9 Å². The maximum Gasteiger partial charge on any atom is 0.326 e. The summed E-state index contributed by atoms with van der Waals surface area (Å²) in [5.74, 6) is -8.06. The van der Waals surface area contributed by atoms with Gasteiger partial charge in [-0.05, 0) is 37.5 Å². The van der Waals surface area contributed by atoms with E-state index in [4.69, 9.17) is 5.73 Å². The smallest absolute Gasteiger partial charge is 0.326 e. The first kappa shape index (κ1) is 39.7. The lowest BCUT2D eigenvalue weighted by Gasteiger charge is -2.27. The molecule has 1 rings (SSSR count). The minimum absolute atomic E-state index is 0.0679. The molecule has 6 amide bonds. The second-order valence-corrected chi connectivity index (χ2v) is 11.9. The predicted octanol–water partition coefficient (Wildman–Crippen LogP) is -3.32. The molecule has 0 aromatic carbocycles. The van der Waals surface area contributed by atoms with Crippen LogP contribution in [0.3, 0.4) is 0 Å². The average Bonchev–Trinajstić information content (AvgIpc) is 3.39. The molecule has 46 heavy (non-hydrogen) atoms. The van der Waals surface area contributed by atoms with E-state index >= 15 is 0 Å². The topological polar surface area (TPSA) is 295 Å². The van der Waals surface area contributed by atoms with Crippen LogP contribution in [0.15, 0.2) is 0 Å². The largest absolute Gasteiger partial charge is 0.481 e. The fourth-order valence-corrected chi connectivity index (χ4v) is 4.56. The number of nitrogens with two attached hydrogens (primary N) is 1. The van der Waals surface area contributed by atoms with Crippen molar-refractivity contribution in [1.29, 1.82) is 0 Å². The van der Waals surface area contributed by atoms with Crippen LogP contribution in [0.25, 0.3) is 0 Å². The fraction of sp³-hybridized carbons (Fsp3) is 0.714. The number of carbonyl (C=O) groups excluding carboxylic acids is 6. The monoisotopic (exact) mass is 657 g/mol. The Hall–Kier alpha value is -4.32. The molecule has 0 saturated carbocycles. The van der Waals surface area contributed by atoms with Gasteiger partial charge in [-0.1, -0.05) is 27.7 Å². The van der Waals surface area contributed by atoms with E-state index in [0.717, 1.165) is 0 Å². The van der Waals surface area contributed by atoms with Crippen molar-refractivity contribution in [3.63, 3.8) is 0 Å². The van der Waals surface area contributed by atoms with Crippen molar-refractivity contribution in [2.75, 3.05) is 13.1 Å². The van der Waals surface area contributed by atoms with E-state index in [1.54, 1.807) is 27.7 Å². The molecule has 18 heteroatoms. The third-order valence-electron chi connectivity index (χ3n) is 7.03. The molecule has 1 saturated heterocycles. The zero-order valence-corrected chi connectivity index (χ0v) is 26.5. The van der Waals surface area contributed by atoms with E-state index in [0.29, 0.717) is 0 Å². The molecule has 1 aliphatic rings. The van der Waals surface area contributed by atoms with Gasteiger partial charge in [0.05, 0.1) is 18.7 Å². The first-order valence-electron chi connectivity index (χ1n) is 15.0. The van der Waals surface area contributed by atoms with Gasteiger partial charge in [0.25, 0.3) is 0 Å². The number of hydrogen-bond donors (Lipinski definition) is 10. The van der Waals surface area contributed by atoms with Gasteiger partial charge in [-0.15, -0.1) is 0 Å². The van der Waals surface area contributed by atoms with Gasteiger partial charge in [-0.3, -0.25) is 33.6 Å². The van der Waals surface area contributed by atoms with Crippen LogP contribution in [0.2, 0.25) is 0 Å². The Labute approximate surface area is 266 Å². The first-order chi connectivity index (χ1) is 21.4. The summed E-state index contributed by atoms with van der Waals surface area (Å²) in [6, 6.07) is -6.15. The van der Waals surface area contributed by atoms with E-state index in [2.05, 4.69) is 31.9 Å². The first-order valence-corrected chi connectivity index (χ1v) is 15.0. The van der Waals surface area contributed by atoms with Gasteiger partial charge in [-0.25, -0.2) is 4.79 Å². The number of carboxylic acid groups (broad SMARTS) is 2. The second-order valence-electron chi connectivity index (χ2n) is 11.9. The quantitative estimate of drug-likeness (QED) is 0.0615. The molecule has 0 bridgehead atoms. The molecule has 0 aromatic heterocycles. The normalized spacial score (nSPS) is 18.5. The van der Waals surface area contributed by atoms with Crippen LogP contribution < -0.4 is 37.6 Å². The molecule has 1 fully saturated rings. The zero-order chi connectivity index (χ0) is 35.1. The van der Waals surface area contributed by atoms with Crippen molar-refractivity contribution in [2.24, 2.45) is 17.6 Å². The Morgan fingerprint density at radius 2 is 1.37 bits per heavy atom. The number of amides is 6. The van der Waals surface area contributed by atoms with E-state index < -0.39 is 109 Å². The van der Waals surface area contributed by atoms with E-state index in [-0.39, 0.29) is 38.1 Å². The van der Waals surface area contributed by atoms with Gasteiger partial charge in [0.2, 0.25) is 35.4 Å². The minimum Gasteiger partial charge on any atom is -0.481 e. The molecule has 0 aromatic rings. The van der Waals surface area contributed by atoms with Crippen LogP contribution in [-0.4, -0.2) is 112 Å². The molecule has 0 spiro atoms. The number of aliphatic hydroxyl groups excluding tert-OH is 1. The average molecular weight is 658 g/mol. The summed E-state index contributed by atoms with van der Waals surface area (Å²) in [5, 5.41) is 43.0. The molecule has 1 heterocycles. The van der Waals surface area contributed by atoms with Gasteiger partial charge in [-0.2, -0.15) is 0 Å². The molecule has 260 valence electrons. The van der Waals surface area contributed by atoms with Crippen molar-refractivity contribution >= 4 is 47.4 Å². The number of aliphatic carboxylic acids is 2. The van der Waals surface area contributed by atoms with E-state index in [1.807, 2.05) is 0 Å². The molecule has 11 N–H and O–H groups in total. The minimum atomic E-state index is -1.52. The molecule has 18 nitrogen and oxygen atoms in total. The van der Waals surface area contributed by atoms with Crippen molar-refractivity contribution in [3.8, 4) is 0 Å². The second kappa shape index (κ2) is 19.3. The van der Waals surface area contributed by atoms with Crippen LogP contribution in [0, 0.1) is 11.8 Å². The summed E-state index contributed by atoms with van der Waals surface area (Å²) in [6.45, 7) is 6.37. The fourth-order valence-electron chi connectivity index (χ4n) is 4.56. The third kappa shape index (κ3) is 14.6. The summed E-state index contributed by atoms with van der Waals surface area (Å²) in [5.41, 5.74) is 5.20. The number of β-amino-alcohol motifs (C(OH)–C–C–N with tert-alkyl or cyclic N) is 1. The van der Waals surface area contributed by atoms with E-state index in [1.165, 1.54) is 0 Å². The number of primary amides is 1. The summed E-state index contributed by atoms with van der Waals surface area (Å²) in [6.07, 6.45) is -2.08. The molecule has 0 aliphatic carbocycles. The maximum atomic E-state index is 13.3. The number of carboxylic acids is 2. The van der Waals surface area contributed by atoms with E-state index in [9.17, 15) is 53.7 Å². The Bertz CT molecular complexity index is 1130. The molecular weight excluding hydrogens is 610 g/mol. The van der Waals surface area contributed by atoms with Crippen LogP contribution in [0.4, 0.5) is 0 Å². The van der Waals surface area contributed by atoms with Gasteiger partial charge in [0.1, 0.15) is 24.2 Å². The number of aliphatic hydroxyl groups is 1. The Balaban J connectivity index is 3.05. The van der Waals surface area contributed by atoms with Crippen molar-refractivity contribution in [2.45, 2.75) is 103 Å². The lowest BCUT2D eigenvalue weighted by Crippen LogP contribution is -2.59. The maximum absolute atomic E-state index is 13.3. The SMILES string of the molecule is CC(C)C[C@H](NC(=O)[C@@H](NC(=O)[C@H](CCC(=O)O)NC(=O)[C@H](CCC(N)=O)NC(=O)CNC(=O)[C@@H]1C[C@@H](O)CN1)C(C)C)C(=O)O. The highest BCUT2D eigenvalue weighted by Gasteiger charge is 2.33. The number of rotatable bonds is 20. The van der Waals surface area contributed by atoms with Crippen LogP contribution in [0.1, 0.15) is 66.2 Å². The van der Waals surface area contributed by atoms with Crippen molar-refractivity contribution < 1.29 is 53.7 Å². The number of hydrogen-bond acceptors (Lipinski definition) is 10. The number of nitrogens with one attached hydrogen (secondary N) is 6. The standard InChI is InChI=1S/C28H47N7O11/c1-13(2)9-19(28(45)46)34-27(44)23(14(3)4)35-26(43)17(6-8-22(39)40)33-25(42)16(5-7-20(29)37)32-21(38)12-31-24(41)18-10-15(36)11-30-18/h13-19,23,30,36H,5-12H2,1-4H3,(H2,29,37)(H,31,41)(H,32,38)(H,33,42)(H,34,44)(H,35,43)(H,39,40)(H,45,46)/t15-,16+,17+,18+,19+,23+/m1/s1. The third-order valence-corrected chi connectivity index (χ3v) is 7.03. The predicted molar refractivity (Wildman–Crippen MR) is 160 cm³/mol. The Morgan fingerprint density at radius 1 is 0.804 bits per heavy atom. The summed E-state index contributed by atoms with van der Waals surface area (Å²) < 4.78 is 0. The van der Waals surface area contributed by atoms with Crippen LogP contribution in [0.5, 0.6) is 0 Å². The highest BCUT2D eigenvalue weighted by atomic mass is 16.4. The zero-order valence-electron chi connectivity index (χ0n) is 26.5. The number of carbonyl (C=O) groups is 8. The molecular formula is C28H47N7O11. The lowest BCUT2D eigenvalue weighted by molar-refractivity contribution is -0.143. The van der Waals surface area contributed by atoms with Gasteiger partial charge < -0.3 is 53.0 Å². The van der Waals surface area contributed by atoms with Crippen molar-refractivity contribution in [3.05, 3.63) is 0 Å². The molecule has 6 atom stereocenters. The highest BCUT2D eigenvalue weighted by Crippen LogP contribution is 2.10. The van der Waals surface area contributed by atoms with Crippen LogP contribution >= 0.6 is 0 Å². The molecule has 1 aliphatic heterocycles. The van der Waals surface area contributed by atoms with Crippen molar-refractivity contribution in [1.82, 2.24) is 31.9 Å². The summed E-state index contributed by atoms with van der Waals surface area (Å²) in [7, 11) is 0. The van der Waals surface area contributed by atoms with Crippen LogP contribution in [-0.2, 0) is 38.4 Å². The summed E-state index contributed by atoms with van der Waals surface area (Å²) in [4.78, 5) is 98.7. The van der Waals surface area contributed by atoms with Gasteiger partial charge in [0, 0.05) is 19.4 Å².